The molecular weight excluding hydrogens is 218 g/mol. The molecule has 3 heterocycles. The fourth-order valence-corrected chi connectivity index (χ4v) is 2.70. The number of hydrogen-bond donors (Lipinski definition) is 1. The van der Waals surface area contributed by atoms with Crippen LogP contribution in [0.4, 0.5) is 5.82 Å². The van der Waals surface area contributed by atoms with E-state index in [0.29, 0.717) is 6.04 Å². The summed E-state index contributed by atoms with van der Waals surface area (Å²) in [6, 6.07) is 6.59. The Morgan fingerprint density at radius 2 is 2.38 bits per heavy atom. The number of thiophene rings is 1. The minimum absolute atomic E-state index is 0.324. The number of fused-ring (bicyclic) bond motifs is 1. The molecule has 0 aromatic carbocycles. The fraction of sp³-hybridized carbons (Fsp3) is 0.250. The molecule has 0 saturated carbocycles. The normalized spacial score (nSPS) is 18.9. The molecule has 0 unspecified atom stereocenters. The molecule has 4 heteroatoms. The van der Waals surface area contributed by atoms with Gasteiger partial charge in [-0.3, -0.25) is 0 Å². The Kier molecular flexibility index (Phi) is 2.11. The SMILES string of the molecule is CC1=C[C@H](C)n2nc(-c3cccs3)cc2N1. The minimum atomic E-state index is 0.324. The molecule has 0 spiro atoms. The second-order valence-electron chi connectivity index (χ2n) is 4.05. The number of aromatic nitrogens is 2. The standard InChI is InChI=1S/C12H13N3S/c1-8-6-9(2)15-12(13-8)7-10(14-15)11-4-3-5-16-11/h3-7,9,13H,1-2H3/t9-/m0/s1. The number of nitrogens with zero attached hydrogens (tertiary/aromatic N) is 2. The monoisotopic (exact) mass is 231 g/mol. The molecule has 0 radical (unpaired) electrons. The fourth-order valence-electron chi connectivity index (χ4n) is 2.02. The van der Waals surface area contributed by atoms with Gasteiger partial charge in [0.15, 0.2) is 0 Å². The molecule has 1 aliphatic rings. The van der Waals surface area contributed by atoms with Crippen molar-refractivity contribution in [2.45, 2.75) is 19.9 Å². The summed E-state index contributed by atoms with van der Waals surface area (Å²) in [5, 5.41) is 10.0. The third-order valence-corrected chi connectivity index (χ3v) is 3.60. The van der Waals surface area contributed by atoms with Crippen LogP contribution in [0.3, 0.4) is 0 Å². The van der Waals surface area contributed by atoms with Gasteiger partial charge in [-0.25, -0.2) is 4.68 Å². The van der Waals surface area contributed by atoms with Crippen molar-refractivity contribution in [2.24, 2.45) is 0 Å². The summed E-state index contributed by atoms with van der Waals surface area (Å²) in [6.45, 7) is 4.23. The highest BCUT2D eigenvalue weighted by atomic mass is 32.1. The first-order chi connectivity index (χ1) is 7.74. The summed E-state index contributed by atoms with van der Waals surface area (Å²) in [5.41, 5.74) is 2.24. The van der Waals surface area contributed by atoms with Gasteiger partial charge >= 0.3 is 0 Å². The van der Waals surface area contributed by atoms with E-state index in [1.807, 2.05) is 4.68 Å². The maximum Gasteiger partial charge on any atom is 0.129 e. The van der Waals surface area contributed by atoms with Crippen molar-refractivity contribution in [2.75, 3.05) is 5.32 Å². The molecule has 82 valence electrons. The van der Waals surface area contributed by atoms with E-state index in [4.69, 9.17) is 0 Å². The maximum atomic E-state index is 4.63. The molecular formula is C12H13N3S. The van der Waals surface area contributed by atoms with Crippen LogP contribution in [0.2, 0.25) is 0 Å². The molecule has 0 bridgehead atoms. The van der Waals surface area contributed by atoms with Crippen LogP contribution in [-0.4, -0.2) is 9.78 Å². The summed E-state index contributed by atoms with van der Waals surface area (Å²) in [5.74, 6) is 1.08. The number of nitrogens with one attached hydrogen (secondary N) is 1. The van der Waals surface area contributed by atoms with Crippen molar-refractivity contribution < 1.29 is 0 Å². The Hall–Kier alpha value is -1.55. The first kappa shape index (κ1) is 9.66. The molecule has 0 amide bonds. The highest BCUT2D eigenvalue weighted by Gasteiger charge is 2.17. The predicted molar refractivity (Wildman–Crippen MR) is 67.6 cm³/mol. The lowest BCUT2D eigenvalue weighted by atomic mass is 10.2. The second kappa shape index (κ2) is 3.49. The number of rotatable bonds is 1. The highest BCUT2D eigenvalue weighted by Crippen LogP contribution is 2.30. The lowest BCUT2D eigenvalue weighted by molar-refractivity contribution is 0.576. The van der Waals surface area contributed by atoms with Gasteiger partial charge in [-0.2, -0.15) is 5.10 Å². The summed E-state index contributed by atoms with van der Waals surface area (Å²) in [6.07, 6.45) is 2.18. The van der Waals surface area contributed by atoms with Crippen LogP contribution < -0.4 is 5.32 Å². The second-order valence-corrected chi connectivity index (χ2v) is 5.00. The lowest BCUT2D eigenvalue weighted by Crippen LogP contribution is -2.15. The van der Waals surface area contributed by atoms with Gasteiger partial charge in [0.25, 0.3) is 0 Å². The van der Waals surface area contributed by atoms with Crippen LogP contribution in [0, 0.1) is 0 Å². The zero-order chi connectivity index (χ0) is 11.1. The largest absolute Gasteiger partial charge is 0.344 e. The average Bonchev–Trinajstić information content (AvgIpc) is 2.82. The number of allylic oxidation sites excluding steroid dienone is 2. The van der Waals surface area contributed by atoms with Gasteiger partial charge in [0.2, 0.25) is 0 Å². The zero-order valence-electron chi connectivity index (χ0n) is 9.27. The van der Waals surface area contributed by atoms with Crippen LogP contribution in [0.25, 0.3) is 10.6 Å². The van der Waals surface area contributed by atoms with E-state index in [2.05, 4.69) is 53.9 Å². The summed E-state index contributed by atoms with van der Waals surface area (Å²) in [4.78, 5) is 1.22. The van der Waals surface area contributed by atoms with Crippen LogP contribution in [0.15, 0.2) is 35.4 Å². The Bertz CT molecular complexity index is 537. The molecule has 16 heavy (non-hydrogen) atoms. The third-order valence-electron chi connectivity index (χ3n) is 2.71. The molecule has 1 aliphatic heterocycles. The van der Waals surface area contributed by atoms with Gasteiger partial charge < -0.3 is 5.32 Å². The van der Waals surface area contributed by atoms with Crippen molar-refractivity contribution >= 4 is 17.2 Å². The van der Waals surface area contributed by atoms with E-state index in [-0.39, 0.29) is 0 Å². The molecule has 0 saturated heterocycles. The van der Waals surface area contributed by atoms with Gasteiger partial charge in [-0.1, -0.05) is 6.07 Å². The first-order valence-electron chi connectivity index (χ1n) is 5.33. The van der Waals surface area contributed by atoms with Crippen molar-refractivity contribution in [3.05, 3.63) is 35.4 Å². The van der Waals surface area contributed by atoms with E-state index in [1.165, 1.54) is 10.6 Å². The van der Waals surface area contributed by atoms with Gasteiger partial charge in [0.05, 0.1) is 10.9 Å². The van der Waals surface area contributed by atoms with Crippen molar-refractivity contribution in [3.63, 3.8) is 0 Å². The predicted octanol–water partition coefficient (Wildman–Crippen LogP) is 3.50. The van der Waals surface area contributed by atoms with Crippen molar-refractivity contribution in [1.82, 2.24) is 9.78 Å². The first-order valence-corrected chi connectivity index (χ1v) is 6.21. The van der Waals surface area contributed by atoms with E-state index >= 15 is 0 Å². The van der Waals surface area contributed by atoms with Gasteiger partial charge in [0, 0.05) is 11.8 Å². The Labute approximate surface area is 98.4 Å². The molecule has 0 fully saturated rings. The van der Waals surface area contributed by atoms with Crippen LogP contribution in [0.1, 0.15) is 19.9 Å². The van der Waals surface area contributed by atoms with E-state index < -0.39 is 0 Å². The van der Waals surface area contributed by atoms with E-state index in [1.54, 1.807) is 11.3 Å². The third kappa shape index (κ3) is 1.46. The van der Waals surface area contributed by atoms with Crippen LogP contribution >= 0.6 is 11.3 Å². The summed E-state index contributed by atoms with van der Waals surface area (Å²) in [7, 11) is 0. The smallest absolute Gasteiger partial charge is 0.129 e. The Morgan fingerprint density at radius 1 is 1.50 bits per heavy atom. The van der Waals surface area contributed by atoms with E-state index in [0.717, 1.165) is 11.5 Å². The molecule has 2 aromatic heterocycles. The molecule has 1 N–H and O–H groups in total. The minimum Gasteiger partial charge on any atom is -0.344 e. The Morgan fingerprint density at radius 3 is 3.12 bits per heavy atom. The van der Waals surface area contributed by atoms with E-state index in [9.17, 15) is 0 Å². The van der Waals surface area contributed by atoms with Crippen LogP contribution in [-0.2, 0) is 0 Å². The van der Waals surface area contributed by atoms with Gasteiger partial charge in [0.1, 0.15) is 11.5 Å². The van der Waals surface area contributed by atoms with Gasteiger partial charge in [-0.15, -0.1) is 11.3 Å². The number of anilines is 1. The molecule has 1 atom stereocenters. The molecule has 2 aromatic rings. The Balaban J connectivity index is 2.06. The quantitative estimate of drug-likeness (QED) is 0.814. The highest BCUT2D eigenvalue weighted by molar-refractivity contribution is 7.13. The zero-order valence-corrected chi connectivity index (χ0v) is 10.1. The lowest BCUT2D eigenvalue weighted by Gasteiger charge is -2.19. The number of hydrogen-bond acceptors (Lipinski definition) is 3. The molecule has 3 nitrogen and oxygen atoms in total. The van der Waals surface area contributed by atoms with Crippen molar-refractivity contribution in [1.29, 1.82) is 0 Å². The topological polar surface area (TPSA) is 29.9 Å². The van der Waals surface area contributed by atoms with Gasteiger partial charge in [-0.05, 0) is 31.4 Å². The maximum absolute atomic E-state index is 4.63. The van der Waals surface area contributed by atoms with Crippen LogP contribution in [0.5, 0.6) is 0 Å². The average molecular weight is 231 g/mol. The molecule has 0 aliphatic carbocycles. The van der Waals surface area contributed by atoms with Crippen molar-refractivity contribution in [3.8, 4) is 10.6 Å². The summed E-state index contributed by atoms with van der Waals surface area (Å²) >= 11 is 1.72. The molecule has 3 rings (SSSR count). The summed E-state index contributed by atoms with van der Waals surface area (Å²) < 4.78 is 2.03.